The quantitative estimate of drug-likeness (QED) is 0.719. The fourth-order valence-corrected chi connectivity index (χ4v) is 2.78. The lowest BCUT2D eigenvalue weighted by Crippen LogP contribution is -2.43. The van der Waals surface area contributed by atoms with E-state index in [1.54, 1.807) is 0 Å². The third kappa shape index (κ3) is 3.46. The van der Waals surface area contributed by atoms with E-state index in [1.807, 2.05) is 7.11 Å². The van der Waals surface area contributed by atoms with Gasteiger partial charge in [-0.05, 0) is 64.7 Å². The molecule has 2 saturated carbocycles. The van der Waals surface area contributed by atoms with Gasteiger partial charge in [0.1, 0.15) is 0 Å². The molecule has 0 aromatic carbocycles. The molecule has 1 atom stereocenters. The number of nitrogens with one attached hydrogen (secondary N) is 1. The molecule has 0 amide bonds. The first-order valence-corrected chi connectivity index (χ1v) is 6.83. The molecule has 0 aliphatic heterocycles. The third-order valence-electron chi connectivity index (χ3n) is 4.09. The molecular weight excluding hydrogens is 198 g/mol. The van der Waals surface area contributed by atoms with E-state index in [9.17, 15) is 0 Å². The standard InChI is InChI=1S/C14H27NO/c1-10(9-14(2,3)16-4)15-13(11-5-6-11)12-7-8-12/h10-13,15H,5-9H2,1-4H3. The molecule has 0 aromatic rings. The van der Waals surface area contributed by atoms with Crippen molar-refractivity contribution in [3.63, 3.8) is 0 Å². The monoisotopic (exact) mass is 225 g/mol. The molecule has 2 rings (SSSR count). The van der Waals surface area contributed by atoms with Crippen LogP contribution in [0.1, 0.15) is 52.9 Å². The number of hydrogen-bond acceptors (Lipinski definition) is 2. The summed E-state index contributed by atoms with van der Waals surface area (Å²) in [5.41, 5.74) is 0.00404. The summed E-state index contributed by atoms with van der Waals surface area (Å²) in [7, 11) is 1.81. The molecule has 0 radical (unpaired) electrons. The van der Waals surface area contributed by atoms with E-state index in [4.69, 9.17) is 4.74 Å². The molecule has 0 saturated heterocycles. The van der Waals surface area contributed by atoms with Gasteiger partial charge in [-0.25, -0.2) is 0 Å². The Balaban J connectivity index is 1.78. The molecule has 0 aromatic heterocycles. The summed E-state index contributed by atoms with van der Waals surface area (Å²) >= 11 is 0. The highest BCUT2D eigenvalue weighted by Gasteiger charge is 2.42. The van der Waals surface area contributed by atoms with Crippen LogP contribution < -0.4 is 5.32 Å². The lowest BCUT2D eigenvalue weighted by atomic mass is 9.97. The SMILES string of the molecule is COC(C)(C)CC(C)NC(C1CC1)C1CC1. The topological polar surface area (TPSA) is 21.3 Å². The Morgan fingerprint density at radius 3 is 2.06 bits per heavy atom. The van der Waals surface area contributed by atoms with Crippen molar-refractivity contribution >= 4 is 0 Å². The Morgan fingerprint density at radius 1 is 1.19 bits per heavy atom. The van der Waals surface area contributed by atoms with Crippen LogP contribution in [-0.2, 0) is 4.74 Å². The zero-order valence-corrected chi connectivity index (χ0v) is 11.3. The highest BCUT2D eigenvalue weighted by atomic mass is 16.5. The number of ether oxygens (including phenoxy) is 1. The second-order valence-electron chi connectivity index (χ2n) is 6.44. The van der Waals surface area contributed by atoms with E-state index in [0.717, 1.165) is 24.3 Å². The molecule has 16 heavy (non-hydrogen) atoms. The van der Waals surface area contributed by atoms with Crippen LogP contribution in [0.5, 0.6) is 0 Å². The van der Waals surface area contributed by atoms with E-state index in [0.29, 0.717) is 6.04 Å². The van der Waals surface area contributed by atoms with Crippen molar-refractivity contribution in [3.05, 3.63) is 0 Å². The molecule has 2 aliphatic carbocycles. The molecule has 1 N–H and O–H groups in total. The molecule has 2 heteroatoms. The first-order valence-electron chi connectivity index (χ1n) is 6.83. The minimum Gasteiger partial charge on any atom is -0.379 e. The Hall–Kier alpha value is -0.0800. The van der Waals surface area contributed by atoms with Crippen LogP contribution in [0.25, 0.3) is 0 Å². The maximum atomic E-state index is 5.50. The van der Waals surface area contributed by atoms with Crippen molar-refractivity contribution in [2.45, 2.75) is 70.6 Å². The van der Waals surface area contributed by atoms with Crippen LogP contribution in [0.15, 0.2) is 0 Å². The first kappa shape index (κ1) is 12.4. The predicted molar refractivity (Wildman–Crippen MR) is 67.5 cm³/mol. The molecule has 2 aliphatic rings. The minimum atomic E-state index is 0.00404. The van der Waals surface area contributed by atoms with Crippen molar-refractivity contribution in [1.82, 2.24) is 5.32 Å². The van der Waals surface area contributed by atoms with E-state index in [2.05, 4.69) is 26.1 Å². The van der Waals surface area contributed by atoms with Gasteiger partial charge < -0.3 is 10.1 Å². The van der Waals surface area contributed by atoms with Crippen LogP contribution in [-0.4, -0.2) is 24.8 Å². The Morgan fingerprint density at radius 2 is 1.69 bits per heavy atom. The van der Waals surface area contributed by atoms with Crippen molar-refractivity contribution in [2.24, 2.45) is 11.8 Å². The highest BCUT2D eigenvalue weighted by Crippen LogP contribution is 2.44. The van der Waals surface area contributed by atoms with Crippen LogP contribution in [0.3, 0.4) is 0 Å². The average Bonchev–Trinajstić information content (AvgIpc) is 3.04. The third-order valence-corrected chi connectivity index (χ3v) is 4.09. The number of hydrogen-bond donors (Lipinski definition) is 1. The summed E-state index contributed by atoms with van der Waals surface area (Å²) in [5, 5.41) is 3.85. The second kappa shape index (κ2) is 4.66. The van der Waals surface area contributed by atoms with Gasteiger partial charge in [-0.1, -0.05) is 0 Å². The molecule has 1 unspecified atom stereocenters. The average molecular weight is 225 g/mol. The fraction of sp³-hybridized carbons (Fsp3) is 1.00. The van der Waals surface area contributed by atoms with E-state index < -0.39 is 0 Å². The lowest BCUT2D eigenvalue weighted by Gasteiger charge is -2.30. The van der Waals surface area contributed by atoms with Gasteiger partial charge in [-0.15, -0.1) is 0 Å². The molecule has 2 fully saturated rings. The predicted octanol–water partition coefficient (Wildman–Crippen LogP) is 2.97. The zero-order valence-electron chi connectivity index (χ0n) is 11.3. The van der Waals surface area contributed by atoms with E-state index in [1.165, 1.54) is 25.7 Å². The van der Waals surface area contributed by atoms with Gasteiger partial charge in [-0.3, -0.25) is 0 Å². The number of rotatable bonds is 7. The highest BCUT2D eigenvalue weighted by molar-refractivity contribution is 4.97. The maximum absolute atomic E-state index is 5.50. The lowest BCUT2D eigenvalue weighted by molar-refractivity contribution is 0.00718. The van der Waals surface area contributed by atoms with Gasteiger partial charge >= 0.3 is 0 Å². The first-order chi connectivity index (χ1) is 7.52. The molecule has 0 heterocycles. The zero-order chi connectivity index (χ0) is 11.8. The summed E-state index contributed by atoms with van der Waals surface area (Å²) in [6.07, 6.45) is 6.91. The molecule has 0 spiro atoms. The second-order valence-corrected chi connectivity index (χ2v) is 6.44. The van der Waals surface area contributed by atoms with Crippen LogP contribution in [0.4, 0.5) is 0 Å². The van der Waals surface area contributed by atoms with Crippen molar-refractivity contribution < 1.29 is 4.74 Å². The summed E-state index contributed by atoms with van der Waals surface area (Å²) in [4.78, 5) is 0. The Kier molecular flexibility index (Phi) is 3.60. The van der Waals surface area contributed by atoms with Crippen LogP contribution in [0, 0.1) is 11.8 Å². The largest absolute Gasteiger partial charge is 0.379 e. The van der Waals surface area contributed by atoms with E-state index in [-0.39, 0.29) is 5.60 Å². The minimum absolute atomic E-state index is 0.00404. The summed E-state index contributed by atoms with van der Waals surface area (Å²) in [6.45, 7) is 6.65. The molecular formula is C14H27NO. The summed E-state index contributed by atoms with van der Waals surface area (Å²) in [6, 6.07) is 1.38. The van der Waals surface area contributed by atoms with Gasteiger partial charge in [0, 0.05) is 19.2 Å². The van der Waals surface area contributed by atoms with Gasteiger partial charge in [0.15, 0.2) is 0 Å². The number of methoxy groups -OCH3 is 1. The smallest absolute Gasteiger partial charge is 0.0637 e. The summed E-state index contributed by atoms with van der Waals surface area (Å²) in [5.74, 6) is 1.97. The summed E-state index contributed by atoms with van der Waals surface area (Å²) < 4.78 is 5.50. The molecule has 2 nitrogen and oxygen atoms in total. The molecule has 0 bridgehead atoms. The Bertz CT molecular complexity index is 219. The maximum Gasteiger partial charge on any atom is 0.0637 e. The van der Waals surface area contributed by atoms with Gasteiger partial charge in [0.05, 0.1) is 5.60 Å². The van der Waals surface area contributed by atoms with E-state index >= 15 is 0 Å². The normalized spacial score (nSPS) is 23.8. The molecule has 94 valence electrons. The van der Waals surface area contributed by atoms with Crippen LogP contribution in [0.2, 0.25) is 0 Å². The van der Waals surface area contributed by atoms with Gasteiger partial charge in [0.25, 0.3) is 0 Å². The Labute approximate surface area is 100 Å². The fourth-order valence-electron chi connectivity index (χ4n) is 2.78. The van der Waals surface area contributed by atoms with Gasteiger partial charge in [0.2, 0.25) is 0 Å². The van der Waals surface area contributed by atoms with Crippen molar-refractivity contribution in [3.8, 4) is 0 Å². The van der Waals surface area contributed by atoms with Crippen molar-refractivity contribution in [1.29, 1.82) is 0 Å². The van der Waals surface area contributed by atoms with Crippen LogP contribution >= 0.6 is 0 Å². The van der Waals surface area contributed by atoms with Crippen molar-refractivity contribution in [2.75, 3.05) is 7.11 Å². The van der Waals surface area contributed by atoms with Gasteiger partial charge in [-0.2, -0.15) is 0 Å².